The smallest absolute Gasteiger partial charge is 0.263 e. The highest BCUT2D eigenvalue weighted by Crippen LogP contribution is 2.29. The molecule has 0 aromatic carbocycles. The Hall–Kier alpha value is -1.34. The average molecular weight is 354 g/mol. The summed E-state index contributed by atoms with van der Waals surface area (Å²) in [5.74, 6) is -0.0412. The van der Waals surface area contributed by atoms with Gasteiger partial charge < -0.3 is 5.32 Å². The van der Waals surface area contributed by atoms with Gasteiger partial charge in [-0.15, -0.1) is 11.3 Å². The maximum atomic E-state index is 12.8. The number of thioether (sulfide) groups is 1. The number of thiophene rings is 1. The van der Waals surface area contributed by atoms with Gasteiger partial charge in [0.15, 0.2) is 5.16 Å². The van der Waals surface area contributed by atoms with Crippen LogP contribution in [0.1, 0.15) is 38.1 Å². The summed E-state index contributed by atoms with van der Waals surface area (Å²) in [5, 5.41) is 3.90. The number of nitrogens with one attached hydrogen (secondary N) is 1. The molecule has 0 saturated carbocycles. The van der Waals surface area contributed by atoms with Crippen molar-refractivity contribution in [1.29, 1.82) is 0 Å². The number of carbonyl (C=O) groups is 1. The van der Waals surface area contributed by atoms with Crippen molar-refractivity contribution in [2.24, 2.45) is 0 Å². The second-order valence-corrected chi connectivity index (χ2v) is 8.34. The molecule has 126 valence electrons. The zero-order valence-electron chi connectivity index (χ0n) is 14.4. The fourth-order valence-corrected chi connectivity index (χ4v) is 4.34. The number of aromatic nitrogens is 2. The monoisotopic (exact) mass is 353 g/mol. The molecule has 0 aliphatic carbocycles. The minimum Gasteiger partial charge on any atom is -0.353 e. The van der Waals surface area contributed by atoms with Gasteiger partial charge >= 0.3 is 0 Å². The Morgan fingerprint density at radius 3 is 2.57 bits per heavy atom. The first kappa shape index (κ1) is 18.0. The molecule has 0 aliphatic heterocycles. The molecule has 0 bridgehead atoms. The van der Waals surface area contributed by atoms with Crippen molar-refractivity contribution in [2.45, 2.75) is 64.5 Å². The number of rotatable bonds is 5. The molecule has 2 rings (SSSR count). The Labute approximate surface area is 144 Å². The Morgan fingerprint density at radius 1 is 1.35 bits per heavy atom. The first-order valence-corrected chi connectivity index (χ1v) is 9.43. The summed E-state index contributed by atoms with van der Waals surface area (Å²) >= 11 is 2.87. The van der Waals surface area contributed by atoms with Crippen LogP contribution in [0.3, 0.4) is 0 Å². The Balaban J connectivity index is 2.45. The number of fused-ring (bicyclic) bond motifs is 1. The molecule has 0 fully saturated rings. The topological polar surface area (TPSA) is 64.0 Å². The fraction of sp³-hybridized carbons (Fsp3) is 0.562. The van der Waals surface area contributed by atoms with Gasteiger partial charge in [0, 0.05) is 17.5 Å². The average Bonchev–Trinajstić information content (AvgIpc) is 2.73. The van der Waals surface area contributed by atoms with Crippen molar-refractivity contribution in [3.8, 4) is 0 Å². The van der Waals surface area contributed by atoms with Gasteiger partial charge in [-0.2, -0.15) is 0 Å². The lowest BCUT2D eigenvalue weighted by Crippen LogP contribution is -2.36. The second kappa shape index (κ2) is 7.05. The molecule has 2 aromatic heterocycles. The van der Waals surface area contributed by atoms with Gasteiger partial charge in [0.05, 0.1) is 10.6 Å². The van der Waals surface area contributed by atoms with Crippen molar-refractivity contribution >= 4 is 39.2 Å². The highest BCUT2D eigenvalue weighted by atomic mass is 32.2. The van der Waals surface area contributed by atoms with Gasteiger partial charge in [0.25, 0.3) is 5.56 Å². The summed E-state index contributed by atoms with van der Waals surface area (Å²) in [6, 6.07) is 0.0944. The minimum atomic E-state index is -0.304. The van der Waals surface area contributed by atoms with Crippen LogP contribution in [-0.2, 0) is 11.3 Å². The van der Waals surface area contributed by atoms with Crippen LogP contribution in [0.25, 0.3) is 10.2 Å². The lowest BCUT2D eigenvalue weighted by atomic mass is 10.2. The van der Waals surface area contributed by atoms with Crippen molar-refractivity contribution in [1.82, 2.24) is 14.9 Å². The summed E-state index contributed by atoms with van der Waals surface area (Å²) in [6.07, 6.45) is 0. The van der Waals surface area contributed by atoms with E-state index in [1.165, 1.54) is 23.1 Å². The molecule has 1 atom stereocenters. The lowest BCUT2D eigenvalue weighted by Gasteiger charge is -2.16. The first-order chi connectivity index (χ1) is 10.8. The summed E-state index contributed by atoms with van der Waals surface area (Å²) < 4.78 is 1.66. The van der Waals surface area contributed by atoms with Crippen molar-refractivity contribution in [3.05, 3.63) is 20.8 Å². The van der Waals surface area contributed by atoms with Gasteiger partial charge in [-0.05, 0) is 47.1 Å². The third kappa shape index (κ3) is 3.61. The van der Waals surface area contributed by atoms with Gasteiger partial charge in [0.1, 0.15) is 4.83 Å². The molecule has 0 radical (unpaired) electrons. The van der Waals surface area contributed by atoms with E-state index in [-0.39, 0.29) is 22.8 Å². The molecule has 0 saturated heterocycles. The SMILES string of the molecule is CCn1c(S[C@@H](C)C(=O)NC(C)C)nc2sc(C)c(C)c2c1=O. The van der Waals surface area contributed by atoms with Gasteiger partial charge in [-0.1, -0.05) is 11.8 Å². The Morgan fingerprint density at radius 2 is 2.00 bits per heavy atom. The zero-order valence-corrected chi connectivity index (χ0v) is 16.0. The normalized spacial score (nSPS) is 12.8. The van der Waals surface area contributed by atoms with Crippen LogP contribution in [0.4, 0.5) is 0 Å². The predicted molar refractivity (Wildman–Crippen MR) is 97.6 cm³/mol. The van der Waals surface area contributed by atoms with Gasteiger partial charge in [-0.25, -0.2) is 4.98 Å². The van der Waals surface area contributed by atoms with E-state index in [1.54, 1.807) is 4.57 Å². The minimum absolute atomic E-state index is 0.0154. The number of nitrogens with zero attached hydrogens (tertiary/aromatic N) is 2. The fourth-order valence-electron chi connectivity index (χ4n) is 2.29. The van der Waals surface area contributed by atoms with Crippen LogP contribution in [-0.4, -0.2) is 26.8 Å². The number of hydrogen-bond donors (Lipinski definition) is 1. The van der Waals surface area contributed by atoms with Crippen LogP contribution in [0.5, 0.6) is 0 Å². The van der Waals surface area contributed by atoms with Crippen LogP contribution >= 0.6 is 23.1 Å². The molecule has 1 N–H and O–H groups in total. The van der Waals surface area contributed by atoms with E-state index < -0.39 is 0 Å². The third-order valence-corrected chi connectivity index (χ3v) is 5.84. The highest BCUT2D eigenvalue weighted by Gasteiger charge is 2.21. The molecule has 0 unspecified atom stereocenters. The highest BCUT2D eigenvalue weighted by molar-refractivity contribution is 8.00. The molecular weight excluding hydrogens is 330 g/mol. The number of carbonyl (C=O) groups excluding carboxylic acids is 1. The largest absolute Gasteiger partial charge is 0.353 e. The summed E-state index contributed by atoms with van der Waals surface area (Å²) in [5.41, 5.74) is 0.991. The first-order valence-electron chi connectivity index (χ1n) is 7.73. The number of hydrogen-bond acceptors (Lipinski definition) is 5. The van der Waals surface area contributed by atoms with Crippen LogP contribution in [0.2, 0.25) is 0 Å². The second-order valence-electron chi connectivity index (χ2n) is 5.83. The molecule has 0 aliphatic rings. The van der Waals surface area contributed by atoms with Gasteiger partial charge in [0.2, 0.25) is 5.91 Å². The molecule has 2 heterocycles. The Kier molecular flexibility index (Phi) is 5.52. The van der Waals surface area contributed by atoms with Crippen LogP contribution in [0, 0.1) is 13.8 Å². The van der Waals surface area contributed by atoms with E-state index in [4.69, 9.17) is 0 Å². The predicted octanol–water partition coefficient (Wildman–Crippen LogP) is 3.10. The molecule has 7 heteroatoms. The summed E-state index contributed by atoms with van der Waals surface area (Å²) in [6.45, 7) is 12.1. The van der Waals surface area contributed by atoms with Crippen molar-refractivity contribution in [2.75, 3.05) is 0 Å². The third-order valence-electron chi connectivity index (χ3n) is 3.65. The van der Waals surface area contributed by atoms with E-state index in [9.17, 15) is 9.59 Å². The standard InChI is InChI=1S/C16H23N3O2S2/c1-7-19-15(21)12-9(4)10(5)22-14(12)18-16(19)23-11(6)13(20)17-8(2)3/h8,11H,7H2,1-6H3,(H,17,20)/t11-/m0/s1. The van der Waals surface area contributed by atoms with E-state index in [2.05, 4.69) is 10.3 Å². The summed E-state index contributed by atoms with van der Waals surface area (Å²) in [7, 11) is 0. The number of amides is 1. The molecular formula is C16H23N3O2S2. The van der Waals surface area contributed by atoms with Crippen molar-refractivity contribution < 1.29 is 4.79 Å². The maximum Gasteiger partial charge on any atom is 0.263 e. The van der Waals surface area contributed by atoms with E-state index in [0.29, 0.717) is 17.1 Å². The Bertz CT molecular complexity index is 793. The van der Waals surface area contributed by atoms with E-state index >= 15 is 0 Å². The maximum absolute atomic E-state index is 12.8. The molecule has 23 heavy (non-hydrogen) atoms. The molecule has 1 amide bonds. The van der Waals surface area contributed by atoms with Crippen molar-refractivity contribution in [3.63, 3.8) is 0 Å². The summed E-state index contributed by atoms with van der Waals surface area (Å²) in [4.78, 5) is 31.4. The van der Waals surface area contributed by atoms with Crippen LogP contribution < -0.4 is 10.9 Å². The van der Waals surface area contributed by atoms with Gasteiger partial charge in [-0.3, -0.25) is 14.2 Å². The van der Waals surface area contributed by atoms with E-state index in [0.717, 1.165) is 15.3 Å². The molecule has 2 aromatic rings. The quantitative estimate of drug-likeness (QED) is 0.663. The zero-order chi connectivity index (χ0) is 17.3. The number of aryl methyl sites for hydroxylation is 2. The molecule has 0 spiro atoms. The molecule has 5 nitrogen and oxygen atoms in total. The lowest BCUT2D eigenvalue weighted by molar-refractivity contribution is -0.120. The van der Waals surface area contributed by atoms with Crippen LogP contribution in [0.15, 0.2) is 9.95 Å². The van der Waals surface area contributed by atoms with E-state index in [1.807, 2.05) is 41.5 Å².